The van der Waals surface area contributed by atoms with E-state index in [1.807, 2.05) is 11.8 Å². The SMILES string of the molecule is CCC1NC(C(C)C)N(C(CC)COC)C1=O. The first-order valence-electron chi connectivity index (χ1n) is 6.63. The lowest BCUT2D eigenvalue weighted by atomic mass is 10.1. The molecule has 1 aliphatic heterocycles. The third-order valence-corrected chi connectivity index (χ3v) is 3.49. The maximum absolute atomic E-state index is 12.3. The predicted octanol–water partition coefficient (Wildman–Crippen LogP) is 1.60. The number of rotatable bonds is 6. The van der Waals surface area contributed by atoms with Crippen LogP contribution < -0.4 is 5.32 Å². The zero-order valence-electron chi connectivity index (χ0n) is 11.7. The average Bonchev–Trinajstić information content (AvgIpc) is 2.63. The minimum atomic E-state index is -0.0201. The maximum atomic E-state index is 12.3. The lowest BCUT2D eigenvalue weighted by molar-refractivity contribution is -0.134. The zero-order valence-corrected chi connectivity index (χ0v) is 11.7. The van der Waals surface area contributed by atoms with Crippen LogP contribution >= 0.6 is 0 Å². The lowest BCUT2D eigenvalue weighted by Gasteiger charge is -2.33. The highest BCUT2D eigenvalue weighted by atomic mass is 16.5. The van der Waals surface area contributed by atoms with Gasteiger partial charge in [-0.2, -0.15) is 0 Å². The summed E-state index contributed by atoms with van der Waals surface area (Å²) >= 11 is 0. The van der Waals surface area contributed by atoms with E-state index in [4.69, 9.17) is 4.74 Å². The molecule has 1 rings (SSSR count). The number of methoxy groups -OCH3 is 1. The van der Waals surface area contributed by atoms with E-state index in [9.17, 15) is 4.79 Å². The summed E-state index contributed by atoms with van der Waals surface area (Å²) in [5.74, 6) is 0.650. The second-order valence-corrected chi connectivity index (χ2v) is 5.08. The van der Waals surface area contributed by atoms with Gasteiger partial charge in [0.25, 0.3) is 0 Å². The van der Waals surface area contributed by atoms with E-state index in [2.05, 4.69) is 26.1 Å². The third-order valence-electron chi connectivity index (χ3n) is 3.49. The van der Waals surface area contributed by atoms with Crippen LogP contribution in [0.2, 0.25) is 0 Å². The van der Waals surface area contributed by atoms with Crippen LogP contribution in [0.3, 0.4) is 0 Å². The van der Waals surface area contributed by atoms with Crippen LogP contribution in [0.4, 0.5) is 0 Å². The minimum Gasteiger partial charge on any atom is -0.383 e. The molecular weight excluding hydrogens is 216 g/mol. The normalized spacial score (nSPS) is 26.9. The van der Waals surface area contributed by atoms with Gasteiger partial charge < -0.3 is 9.64 Å². The van der Waals surface area contributed by atoms with Crippen molar-refractivity contribution in [2.75, 3.05) is 13.7 Å². The molecule has 1 fully saturated rings. The summed E-state index contributed by atoms with van der Waals surface area (Å²) < 4.78 is 5.23. The Kier molecular flexibility index (Phi) is 5.40. The molecule has 0 radical (unpaired) electrons. The molecule has 4 nitrogen and oxygen atoms in total. The van der Waals surface area contributed by atoms with Gasteiger partial charge in [0.05, 0.1) is 24.9 Å². The van der Waals surface area contributed by atoms with Crippen LogP contribution in [0.5, 0.6) is 0 Å². The predicted molar refractivity (Wildman–Crippen MR) is 68.6 cm³/mol. The summed E-state index contributed by atoms with van der Waals surface area (Å²) in [5.41, 5.74) is 0. The van der Waals surface area contributed by atoms with Crippen molar-refractivity contribution < 1.29 is 9.53 Å². The van der Waals surface area contributed by atoms with Crippen LogP contribution in [0.15, 0.2) is 0 Å². The lowest BCUT2D eigenvalue weighted by Crippen LogP contribution is -2.48. The molecule has 17 heavy (non-hydrogen) atoms. The number of carbonyl (C=O) groups excluding carboxylic acids is 1. The minimum absolute atomic E-state index is 0.0201. The van der Waals surface area contributed by atoms with Gasteiger partial charge in [-0.15, -0.1) is 0 Å². The molecule has 0 aromatic heterocycles. The highest BCUT2D eigenvalue weighted by Gasteiger charge is 2.42. The number of nitrogens with zero attached hydrogens (tertiary/aromatic N) is 1. The van der Waals surface area contributed by atoms with Gasteiger partial charge in [-0.1, -0.05) is 27.7 Å². The molecule has 0 aromatic rings. The molecule has 1 saturated heterocycles. The molecule has 1 N–H and O–H groups in total. The highest BCUT2D eigenvalue weighted by Crippen LogP contribution is 2.23. The van der Waals surface area contributed by atoms with Crippen molar-refractivity contribution in [1.29, 1.82) is 0 Å². The molecule has 0 aromatic carbocycles. The molecule has 1 aliphatic rings. The molecule has 1 amide bonds. The Morgan fingerprint density at radius 2 is 2.06 bits per heavy atom. The molecule has 100 valence electrons. The molecule has 3 unspecified atom stereocenters. The third kappa shape index (κ3) is 2.99. The molecule has 0 saturated carbocycles. The fraction of sp³-hybridized carbons (Fsp3) is 0.923. The van der Waals surface area contributed by atoms with Crippen LogP contribution in [-0.2, 0) is 9.53 Å². The Hall–Kier alpha value is -0.610. The maximum Gasteiger partial charge on any atom is 0.241 e. The van der Waals surface area contributed by atoms with Gasteiger partial charge >= 0.3 is 0 Å². The molecule has 1 heterocycles. The molecule has 4 heteroatoms. The van der Waals surface area contributed by atoms with Gasteiger partial charge in [-0.05, 0) is 18.8 Å². The van der Waals surface area contributed by atoms with Gasteiger partial charge in [0, 0.05) is 7.11 Å². The molecular formula is C13H26N2O2. The van der Waals surface area contributed by atoms with Crippen LogP contribution in [-0.4, -0.2) is 42.8 Å². The van der Waals surface area contributed by atoms with E-state index in [1.165, 1.54) is 0 Å². The summed E-state index contributed by atoms with van der Waals surface area (Å²) in [5, 5.41) is 3.43. The summed E-state index contributed by atoms with van der Waals surface area (Å²) in [6.07, 6.45) is 1.93. The molecule has 0 bridgehead atoms. The Balaban J connectivity index is 2.86. The standard InChI is InChI=1S/C13H26N2O2/c1-6-10(8-17-5)15-12(9(3)4)14-11(7-2)13(15)16/h9-12,14H,6-8H2,1-5H3. The van der Waals surface area contributed by atoms with E-state index < -0.39 is 0 Å². The van der Waals surface area contributed by atoms with E-state index >= 15 is 0 Å². The number of ether oxygens (including phenoxy) is 1. The van der Waals surface area contributed by atoms with Crippen LogP contribution in [0, 0.1) is 5.92 Å². The van der Waals surface area contributed by atoms with Gasteiger partial charge in [-0.25, -0.2) is 0 Å². The van der Waals surface area contributed by atoms with Crippen molar-refractivity contribution in [3.05, 3.63) is 0 Å². The average molecular weight is 242 g/mol. The summed E-state index contributed by atoms with van der Waals surface area (Å²) in [6, 6.07) is 0.164. The fourth-order valence-electron chi connectivity index (χ4n) is 2.48. The first-order chi connectivity index (χ1) is 8.06. The van der Waals surface area contributed by atoms with Gasteiger partial charge in [0.2, 0.25) is 5.91 Å². The monoisotopic (exact) mass is 242 g/mol. The van der Waals surface area contributed by atoms with Crippen molar-refractivity contribution in [2.45, 2.75) is 58.8 Å². The number of nitrogens with one attached hydrogen (secondary N) is 1. The smallest absolute Gasteiger partial charge is 0.241 e. The summed E-state index contributed by atoms with van der Waals surface area (Å²) in [4.78, 5) is 14.3. The van der Waals surface area contributed by atoms with Gasteiger partial charge in [0.15, 0.2) is 0 Å². The van der Waals surface area contributed by atoms with E-state index in [0.29, 0.717) is 12.5 Å². The molecule has 0 aliphatic carbocycles. The first kappa shape index (κ1) is 14.5. The van der Waals surface area contributed by atoms with E-state index in [-0.39, 0.29) is 24.2 Å². The van der Waals surface area contributed by atoms with Crippen molar-refractivity contribution in [2.24, 2.45) is 5.92 Å². The second-order valence-electron chi connectivity index (χ2n) is 5.08. The molecule has 3 atom stereocenters. The zero-order chi connectivity index (χ0) is 13.0. The number of amides is 1. The fourth-order valence-corrected chi connectivity index (χ4v) is 2.48. The van der Waals surface area contributed by atoms with Crippen molar-refractivity contribution >= 4 is 5.91 Å². The van der Waals surface area contributed by atoms with E-state index in [1.54, 1.807) is 7.11 Å². The Morgan fingerprint density at radius 1 is 1.41 bits per heavy atom. The van der Waals surface area contributed by atoms with Crippen molar-refractivity contribution in [1.82, 2.24) is 10.2 Å². The summed E-state index contributed by atoms with van der Waals surface area (Å²) in [7, 11) is 1.69. The molecule has 0 spiro atoms. The van der Waals surface area contributed by atoms with Gasteiger partial charge in [0.1, 0.15) is 0 Å². The summed E-state index contributed by atoms with van der Waals surface area (Å²) in [6.45, 7) is 9.07. The Bertz CT molecular complexity index is 256. The van der Waals surface area contributed by atoms with Crippen molar-refractivity contribution in [3.63, 3.8) is 0 Å². The number of hydrogen-bond acceptors (Lipinski definition) is 3. The quantitative estimate of drug-likeness (QED) is 0.769. The number of hydrogen-bond donors (Lipinski definition) is 1. The van der Waals surface area contributed by atoms with E-state index in [0.717, 1.165) is 12.8 Å². The largest absolute Gasteiger partial charge is 0.383 e. The highest BCUT2D eigenvalue weighted by molar-refractivity contribution is 5.84. The Labute approximate surface area is 105 Å². The first-order valence-corrected chi connectivity index (χ1v) is 6.63. The van der Waals surface area contributed by atoms with Gasteiger partial charge in [-0.3, -0.25) is 10.1 Å². The van der Waals surface area contributed by atoms with Crippen LogP contribution in [0.25, 0.3) is 0 Å². The topological polar surface area (TPSA) is 41.6 Å². The van der Waals surface area contributed by atoms with Crippen LogP contribution in [0.1, 0.15) is 40.5 Å². The Morgan fingerprint density at radius 3 is 2.47 bits per heavy atom. The van der Waals surface area contributed by atoms with Crippen molar-refractivity contribution in [3.8, 4) is 0 Å². The second kappa shape index (κ2) is 6.36. The number of carbonyl (C=O) groups is 1.